The van der Waals surface area contributed by atoms with Gasteiger partial charge in [-0.2, -0.15) is 5.10 Å². The lowest BCUT2D eigenvalue weighted by Crippen LogP contribution is -2.06. The summed E-state index contributed by atoms with van der Waals surface area (Å²) in [7, 11) is 0. The predicted octanol–water partition coefficient (Wildman–Crippen LogP) is 4.85. The number of carbonyl (C=O) groups is 1. The maximum atomic E-state index is 11.0. The van der Waals surface area contributed by atoms with Crippen molar-refractivity contribution in [1.82, 2.24) is 9.78 Å². The van der Waals surface area contributed by atoms with E-state index in [9.17, 15) is 4.79 Å². The Morgan fingerprint density at radius 3 is 2.62 bits per heavy atom. The number of ether oxygens (including phenoxy) is 1. The van der Waals surface area contributed by atoms with Crippen LogP contribution in [0.1, 0.15) is 44.2 Å². The zero-order valence-electron chi connectivity index (χ0n) is 17.1. The van der Waals surface area contributed by atoms with Crippen LogP contribution in [0, 0.1) is 17.8 Å². The molecular weight excluding hydrogens is 364 g/mol. The molecule has 1 N–H and O–H groups in total. The summed E-state index contributed by atoms with van der Waals surface area (Å²) in [5.41, 5.74) is 3.07. The molecule has 0 aliphatic carbocycles. The molecule has 150 valence electrons. The average Bonchev–Trinajstić information content (AvgIpc) is 3.08. The summed E-state index contributed by atoms with van der Waals surface area (Å²) in [6.07, 6.45) is 1.89. The van der Waals surface area contributed by atoms with Gasteiger partial charge < -0.3 is 9.84 Å². The van der Waals surface area contributed by atoms with Crippen LogP contribution in [0.2, 0.25) is 0 Å². The van der Waals surface area contributed by atoms with Crippen molar-refractivity contribution >= 4 is 16.9 Å². The zero-order chi connectivity index (χ0) is 20.8. The maximum absolute atomic E-state index is 11.0. The van der Waals surface area contributed by atoms with Gasteiger partial charge in [-0.3, -0.25) is 9.48 Å². The molecule has 29 heavy (non-hydrogen) atoms. The smallest absolute Gasteiger partial charge is 0.304 e. The minimum absolute atomic E-state index is 0.00881. The molecule has 1 heterocycles. The van der Waals surface area contributed by atoms with Crippen LogP contribution < -0.4 is 4.74 Å². The van der Waals surface area contributed by atoms with Crippen LogP contribution in [0.3, 0.4) is 0 Å². The third-order valence-corrected chi connectivity index (χ3v) is 4.63. The standard InChI is InChI=1S/C24H26N2O3/c1-4-5-20(13-24(27)28)19-8-10-22(11-9-19)29-16-18-6-7-21-14-25-26(15-17(2)3)23(21)12-18/h6-12,14,17,20H,13,15-16H2,1-3H3,(H,27,28). The number of aromatic nitrogens is 2. The molecule has 0 saturated heterocycles. The molecule has 1 aromatic heterocycles. The Kier molecular flexibility index (Phi) is 6.56. The van der Waals surface area contributed by atoms with E-state index >= 15 is 0 Å². The number of nitrogens with zero attached hydrogens (tertiary/aromatic N) is 2. The van der Waals surface area contributed by atoms with Crippen LogP contribution >= 0.6 is 0 Å². The third kappa shape index (κ3) is 5.39. The van der Waals surface area contributed by atoms with Crippen LogP contribution in [0.15, 0.2) is 48.7 Å². The Morgan fingerprint density at radius 2 is 1.97 bits per heavy atom. The highest BCUT2D eigenvalue weighted by Crippen LogP contribution is 2.23. The molecule has 0 bridgehead atoms. The van der Waals surface area contributed by atoms with Gasteiger partial charge in [0.15, 0.2) is 0 Å². The highest BCUT2D eigenvalue weighted by Gasteiger charge is 2.13. The summed E-state index contributed by atoms with van der Waals surface area (Å²) >= 11 is 0. The van der Waals surface area contributed by atoms with Crippen LogP contribution in [-0.2, 0) is 17.9 Å². The Morgan fingerprint density at radius 1 is 1.21 bits per heavy atom. The van der Waals surface area contributed by atoms with Crippen molar-refractivity contribution < 1.29 is 14.6 Å². The second-order valence-corrected chi connectivity index (χ2v) is 7.52. The molecule has 0 radical (unpaired) electrons. The molecule has 2 aromatic carbocycles. The van der Waals surface area contributed by atoms with Gasteiger partial charge in [0.05, 0.1) is 24.1 Å². The van der Waals surface area contributed by atoms with Crippen molar-refractivity contribution in [1.29, 1.82) is 0 Å². The van der Waals surface area contributed by atoms with E-state index in [4.69, 9.17) is 9.84 Å². The first-order chi connectivity index (χ1) is 14.0. The van der Waals surface area contributed by atoms with Gasteiger partial charge >= 0.3 is 5.97 Å². The number of rotatable bonds is 8. The molecule has 5 nitrogen and oxygen atoms in total. The topological polar surface area (TPSA) is 64.3 Å². The van der Waals surface area contributed by atoms with E-state index in [2.05, 4.69) is 49.0 Å². The van der Waals surface area contributed by atoms with Crippen molar-refractivity contribution in [3.63, 3.8) is 0 Å². The minimum Gasteiger partial charge on any atom is -0.489 e. The van der Waals surface area contributed by atoms with E-state index in [0.717, 1.165) is 34.3 Å². The van der Waals surface area contributed by atoms with Gasteiger partial charge in [-0.15, -0.1) is 5.92 Å². The summed E-state index contributed by atoms with van der Waals surface area (Å²) in [6, 6.07) is 13.7. The first kappa shape index (κ1) is 20.5. The molecule has 1 unspecified atom stereocenters. The molecule has 0 amide bonds. The zero-order valence-corrected chi connectivity index (χ0v) is 17.1. The lowest BCUT2D eigenvalue weighted by molar-refractivity contribution is -0.137. The van der Waals surface area contributed by atoms with Crippen LogP contribution in [0.4, 0.5) is 0 Å². The van der Waals surface area contributed by atoms with Crippen molar-refractivity contribution in [2.24, 2.45) is 5.92 Å². The van der Waals surface area contributed by atoms with Gasteiger partial charge in [0.25, 0.3) is 0 Å². The van der Waals surface area contributed by atoms with Gasteiger partial charge in [0, 0.05) is 11.9 Å². The summed E-state index contributed by atoms with van der Waals surface area (Å²) in [5, 5.41) is 14.7. The van der Waals surface area contributed by atoms with Gasteiger partial charge in [-0.1, -0.05) is 44.0 Å². The fourth-order valence-electron chi connectivity index (χ4n) is 3.26. The third-order valence-electron chi connectivity index (χ3n) is 4.63. The molecule has 1 atom stereocenters. The molecule has 3 rings (SSSR count). The van der Waals surface area contributed by atoms with E-state index < -0.39 is 5.97 Å². The van der Waals surface area contributed by atoms with Crippen LogP contribution in [-0.4, -0.2) is 20.9 Å². The lowest BCUT2D eigenvalue weighted by atomic mass is 9.96. The fourth-order valence-corrected chi connectivity index (χ4v) is 3.26. The SMILES string of the molecule is CC#CC(CC(=O)O)c1ccc(OCc2ccc3cnn(CC(C)C)c3c2)cc1. The number of carboxylic acids is 1. The Labute approximate surface area is 171 Å². The normalized spacial score (nSPS) is 11.9. The van der Waals surface area contributed by atoms with Gasteiger partial charge in [0.1, 0.15) is 12.4 Å². The van der Waals surface area contributed by atoms with E-state index in [1.54, 1.807) is 6.92 Å². The molecule has 0 spiro atoms. The molecule has 0 aliphatic rings. The fraction of sp³-hybridized carbons (Fsp3) is 0.333. The van der Waals surface area contributed by atoms with Crippen molar-refractivity contribution in [2.75, 3.05) is 0 Å². The number of benzene rings is 2. The summed E-state index contributed by atoms with van der Waals surface area (Å²) in [4.78, 5) is 11.0. The van der Waals surface area contributed by atoms with Crippen molar-refractivity contribution in [3.8, 4) is 17.6 Å². The highest BCUT2D eigenvalue weighted by atomic mass is 16.5. The van der Waals surface area contributed by atoms with Crippen molar-refractivity contribution in [2.45, 2.75) is 46.3 Å². The van der Waals surface area contributed by atoms with Crippen molar-refractivity contribution in [3.05, 3.63) is 59.8 Å². The molecule has 3 aromatic rings. The molecule has 0 fully saturated rings. The van der Waals surface area contributed by atoms with Gasteiger partial charge in [0.2, 0.25) is 0 Å². The number of hydrogen-bond acceptors (Lipinski definition) is 3. The second kappa shape index (κ2) is 9.29. The Balaban J connectivity index is 1.69. The maximum Gasteiger partial charge on any atom is 0.304 e. The first-order valence-electron chi connectivity index (χ1n) is 9.77. The molecular formula is C24H26N2O3. The average molecular weight is 390 g/mol. The molecule has 0 aliphatic heterocycles. The Hall–Kier alpha value is -3.26. The first-order valence-corrected chi connectivity index (χ1v) is 9.77. The largest absolute Gasteiger partial charge is 0.489 e. The summed E-state index contributed by atoms with van der Waals surface area (Å²) in [5.74, 6) is 5.87. The number of fused-ring (bicyclic) bond motifs is 1. The molecule has 5 heteroatoms. The van der Waals surface area contributed by atoms with Crippen LogP contribution in [0.5, 0.6) is 5.75 Å². The highest BCUT2D eigenvalue weighted by molar-refractivity contribution is 5.79. The quantitative estimate of drug-likeness (QED) is 0.558. The van der Waals surface area contributed by atoms with E-state index in [1.807, 2.05) is 35.1 Å². The van der Waals surface area contributed by atoms with E-state index in [1.165, 1.54) is 0 Å². The molecule has 0 saturated carbocycles. The van der Waals surface area contributed by atoms with E-state index in [-0.39, 0.29) is 12.3 Å². The van der Waals surface area contributed by atoms with Gasteiger partial charge in [-0.25, -0.2) is 0 Å². The van der Waals surface area contributed by atoms with E-state index in [0.29, 0.717) is 12.5 Å². The Bertz CT molecular complexity index is 1040. The monoisotopic (exact) mass is 390 g/mol. The van der Waals surface area contributed by atoms with Crippen LogP contribution in [0.25, 0.3) is 10.9 Å². The number of aliphatic carboxylic acids is 1. The summed E-state index contributed by atoms with van der Waals surface area (Å²) < 4.78 is 7.97. The van der Waals surface area contributed by atoms with Gasteiger partial charge in [-0.05, 0) is 42.2 Å². The number of hydrogen-bond donors (Lipinski definition) is 1. The second-order valence-electron chi connectivity index (χ2n) is 7.52. The minimum atomic E-state index is -0.856. The summed E-state index contributed by atoms with van der Waals surface area (Å²) in [6.45, 7) is 7.41. The predicted molar refractivity (Wildman–Crippen MR) is 114 cm³/mol. The lowest BCUT2D eigenvalue weighted by Gasteiger charge is -2.11. The number of carboxylic acid groups (broad SMARTS) is 1.